The Labute approximate surface area is 112 Å². The second-order valence-electron chi connectivity index (χ2n) is 3.35. The van der Waals surface area contributed by atoms with E-state index in [4.69, 9.17) is 23.2 Å². The van der Waals surface area contributed by atoms with E-state index in [1.807, 2.05) is 6.92 Å². The van der Waals surface area contributed by atoms with Crippen molar-refractivity contribution in [2.24, 2.45) is 0 Å². The van der Waals surface area contributed by atoms with Crippen LogP contribution in [0.15, 0.2) is 24.4 Å². The first kappa shape index (κ1) is 12.4. The molecule has 2 heterocycles. The van der Waals surface area contributed by atoms with Gasteiger partial charge in [0.1, 0.15) is 0 Å². The number of amides is 1. The van der Waals surface area contributed by atoms with Crippen molar-refractivity contribution >= 4 is 46.1 Å². The smallest absolute Gasteiger partial charge is 0.265 e. The molecule has 1 N–H and O–H groups in total. The number of halogens is 2. The van der Waals surface area contributed by atoms with Gasteiger partial charge in [-0.05, 0) is 30.7 Å². The Hall–Kier alpha value is -1.10. The molecule has 0 aliphatic carbocycles. The number of aromatic nitrogens is 1. The van der Waals surface area contributed by atoms with Crippen LogP contribution in [0.25, 0.3) is 0 Å². The molecule has 88 valence electrons. The second kappa shape index (κ2) is 5.04. The van der Waals surface area contributed by atoms with Gasteiger partial charge >= 0.3 is 0 Å². The number of nitrogens with zero attached hydrogens (tertiary/aromatic N) is 1. The lowest BCUT2D eigenvalue weighted by atomic mass is 10.2. The molecule has 17 heavy (non-hydrogen) atoms. The summed E-state index contributed by atoms with van der Waals surface area (Å²) in [5, 5.41) is 3.01. The van der Waals surface area contributed by atoms with E-state index in [0.717, 1.165) is 5.56 Å². The fraction of sp³-hybridized carbons (Fsp3) is 0.0909. The Kier molecular flexibility index (Phi) is 3.66. The zero-order chi connectivity index (χ0) is 12.4. The molecule has 6 heteroatoms. The van der Waals surface area contributed by atoms with Gasteiger partial charge in [-0.25, -0.2) is 4.98 Å². The highest BCUT2D eigenvalue weighted by Crippen LogP contribution is 2.26. The van der Waals surface area contributed by atoms with Crippen LogP contribution in [0.5, 0.6) is 0 Å². The van der Waals surface area contributed by atoms with Gasteiger partial charge in [-0.15, -0.1) is 11.3 Å². The zero-order valence-corrected chi connectivity index (χ0v) is 11.2. The molecule has 2 aromatic rings. The molecular weight excluding hydrogens is 279 g/mol. The number of thiophene rings is 1. The lowest BCUT2D eigenvalue weighted by Crippen LogP contribution is -2.11. The van der Waals surface area contributed by atoms with E-state index in [1.165, 1.54) is 11.3 Å². The molecule has 0 spiro atoms. The number of carbonyl (C=O) groups is 1. The molecule has 0 aromatic carbocycles. The largest absolute Gasteiger partial charge is 0.318 e. The molecule has 0 aliphatic heterocycles. The van der Waals surface area contributed by atoms with E-state index in [9.17, 15) is 4.79 Å². The van der Waals surface area contributed by atoms with Gasteiger partial charge in [-0.2, -0.15) is 0 Å². The van der Waals surface area contributed by atoms with Gasteiger partial charge in [0.2, 0.25) is 0 Å². The minimum atomic E-state index is -0.236. The van der Waals surface area contributed by atoms with E-state index in [-0.39, 0.29) is 11.1 Å². The SMILES string of the molecule is Cc1ccnc(Cl)c1NC(=O)c1ccc(Cl)s1. The van der Waals surface area contributed by atoms with Crippen molar-refractivity contribution in [2.75, 3.05) is 5.32 Å². The van der Waals surface area contributed by atoms with Crippen LogP contribution in [0.4, 0.5) is 5.69 Å². The van der Waals surface area contributed by atoms with Crippen molar-refractivity contribution in [3.8, 4) is 0 Å². The van der Waals surface area contributed by atoms with Crippen LogP contribution in [0, 0.1) is 6.92 Å². The Morgan fingerprint density at radius 1 is 1.35 bits per heavy atom. The Balaban J connectivity index is 2.24. The quantitative estimate of drug-likeness (QED) is 0.848. The van der Waals surface area contributed by atoms with Crippen molar-refractivity contribution < 1.29 is 4.79 Å². The summed E-state index contributed by atoms with van der Waals surface area (Å²) < 4.78 is 0.573. The average molecular weight is 287 g/mol. The molecule has 0 saturated heterocycles. The Morgan fingerprint density at radius 3 is 2.71 bits per heavy atom. The fourth-order valence-electron chi connectivity index (χ4n) is 1.29. The zero-order valence-electron chi connectivity index (χ0n) is 8.83. The lowest BCUT2D eigenvalue weighted by Gasteiger charge is -2.08. The molecule has 1 amide bonds. The van der Waals surface area contributed by atoms with Gasteiger partial charge in [-0.1, -0.05) is 23.2 Å². The third-order valence-electron chi connectivity index (χ3n) is 2.15. The van der Waals surface area contributed by atoms with Gasteiger partial charge in [0, 0.05) is 6.20 Å². The number of anilines is 1. The number of pyridine rings is 1. The van der Waals surface area contributed by atoms with Gasteiger partial charge in [0.15, 0.2) is 5.15 Å². The molecule has 0 atom stereocenters. The van der Waals surface area contributed by atoms with Gasteiger partial charge in [0.25, 0.3) is 5.91 Å². The number of rotatable bonds is 2. The minimum absolute atomic E-state index is 0.236. The van der Waals surface area contributed by atoms with Crippen LogP contribution in [-0.2, 0) is 0 Å². The third kappa shape index (κ3) is 2.77. The molecule has 0 radical (unpaired) electrons. The standard InChI is InChI=1S/C11H8Cl2N2OS/c1-6-4-5-14-10(13)9(6)15-11(16)7-2-3-8(12)17-7/h2-5H,1H3,(H,15,16). The summed E-state index contributed by atoms with van der Waals surface area (Å²) in [6, 6.07) is 5.13. The van der Waals surface area contributed by atoms with Crippen molar-refractivity contribution in [2.45, 2.75) is 6.92 Å². The van der Waals surface area contributed by atoms with Crippen LogP contribution in [0.3, 0.4) is 0 Å². The molecule has 0 bridgehead atoms. The van der Waals surface area contributed by atoms with Crippen molar-refractivity contribution in [3.63, 3.8) is 0 Å². The van der Waals surface area contributed by atoms with E-state index in [0.29, 0.717) is 14.9 Å². The molecule has 0 saturated carbocycles. The number of hydrogen-bond donors (Lipinski definition) is 1. The predicted octanol–water partition coefficient (Wildman–Crippen LogP) is 4.01. The number of nitrogens with one attached hydrogen (secondary N) is 1. The summed E-state index contributed by atoms with van der Waals surface area (Å²) in [4.78, 5) is 16.3. The average Bonchev–Trinajstić information content (AvgIpc) is 2.70. The first-order chi connectivity index (χ1) is 8.08. The van der Waals surface area contributed by atoms with E-state index >= 15 is 0 Å². The van der Waals surface area contributed by atoms with E-state index in [2.05, 4.69) is 10.3 Å². The van der Waals surface area contributed by atoms with E-state index < -0.39 is 0 Å². The summed E-state index contributed by atoms with van der Waals surface area (Å²) in [5.74, 6) is -0.236. The van der Waals surface area contributed by atoms with Crippen LogP contribution in [0.1, 0.15) is 15.2 Å². The summed E-state index contributed by atoms with van der Waals surface area (Å²) in [6.45, 7) is 1.85. The Morgan fingerprint density at radius 2 is 2.12 bits per heavy atom. The topological polar surface area (TPSA) is 42.0 Å². The van der Waals surface area contributed by atoms with Crippen LogP contribution in [0.2, 0.25) is 9.49 Å². The Bertz CT molecular complexity index is 548. The third-order valence-corrected chi connectivity index (χ3v) is 3.67. The lowest BCUT2D eigenvalue weighted by molar-refractivity contribution is 0.103. The highest BCUT2D eigenvalue weighted by atomic mass is 35.5. The second-order valence-corrected chi connectivity index (χ2v) is 5.42. The minimum Gasteiger partial charge on any atom is -0.318 e. The monoisotopic (exact) mass is 286 g/mol. The first-order valence-electron chi connectivity index (χ1n) is 4.75. The van der Waals surface area contributed by atoms with Crippen LogP contribution in [-0.4, -0.2) is 10.9 Å². The van der Waals surface area contributed by atoms with Crippen LogP contribution < -0.4 is 5.32 Å². The van der Waals surface area contributed by atoms with Crippen molar-refractivity contribution in [1.29, 1.82) is 0 Å². The number of hydrogen-bond acceptors (Lipinski definition) is 3. The highest BCUT2D eigenvalue weighted by molar-refractivity contribution is 7.18. The maximum absolute atomic E-state index is 11.9. The maximum atomic E-state index is 11.9. The summed E-state index contributed by atoms with van der Waals surface area (Å²) >= 11 is 12.9. The van der Waals surface area contributed by atoms with Crippen LogP contribution >= 0.6 is 34.5 Å². The summed E-state index contributed by atoms with van der Waals surface area (Å²) in [5.41, 5.74) is 1.39. The van der Waals surface area contributed by atoms with Gasteiger partial charge in [-0.3, -0.25) is 4.79 Å². The number of aryl methyl sites for hydroxylation is 1. The van der Waals surface area contributed by atoms with E-state index in [1.54, 1.807) is 24.4 Å². The van der Waals surface area contributed by atoms with Gasteiger partial charge in [0.05, 0.1) is 14.9 Å². The van der Waals surface area contributed by atoms with Crippen molar-refractivity contribution in [1.82, 2.24) is 4.98 Å². The molecule has 2 rings (SSSR count). The molecule has 0 aliphatic rings. The molecule has 0 fully saturated rings. The summed E-state index contributed by atoms with van der Waals surface area (Å²) in [7, 11) is 0. The first-order valence-corrected chi connectivity index (χ1v) is 6.33. The van der Waals surface area contributed by atoms with Crippen molar-refractivity contribution in [3.05, 3.63) is 44.3 Å². The molecular formula is C11H8Cl2N2OS. The fourth-order valence-corrected chi connectivity index (χ4v) is 2.48. The maximum Gasteiger partial charge on any atom is 0.265 e. The predicted molar refractivity (Wildman–Crippen MR) is 71.3 cm³/mol. The normalized spacial score (nSPS) is 10.3. The molecule has 3 nitrogen and oxygen atoms in total. The van der Waals surface area contributed by atoms with Gasteiger partial charge < -0.3 is 5.32 Å². The summed E-state index contributed by atoms with van der Waals surface area (Å²) in [6.07, 6.45) is 1.59. The highest BCUT2D eigenvalue weighted by Gasteiger charge is 2.12. The number of carbonyl (C=O) groups excluding carboxylic acids is 1. The molecule has 2 aromatic heterocycles. The molecule has 0 unspecified atom stereocenters.